The molecule has 80 valence electrons. The minimum absolute atomic E-state index is 0.316. The van der Waals surface area contributed by atoms with E-state index in [4.69, 9.17) is 11.5 Å². The SMILES string of the molecule is CCC(CC(N)CCCN)N(C)C. The smallest absolute Gasteiger partial charge is 0.0101 e. The van der Waals surface area contributed by atoms with E-state index in [9.17, 15) is 0 Å². The molecule has 0 spiro atoms. The molecular weight excluding hydrogens is 162 g/mol. The molecule has 0 aromatic heterocycles. The van der Waals surface area contributed by atoms with Crippen LogP contribution >= 0.6 is 0 Å². The summed E-state index contributed by atoms with van der Waals surface area (Å²) >= 11 is 0. The van der Waals surface area contributed by atoms with E-state index in [2.05, 4.69) is 25.9 Å². The number of nitrogens with zero attached hydrogens (tertiary/aromatic N) is 1. The first-order valence-corrected chi connectivity index (χ1v) is 5.23. The summed E-state index contributed by atoms with van der Waals surface area (Å²) in [5.41, 5.74) is 11.4. The maximum atomic E-state index is 5.99. The lowest BCUT2D eigenvalue weighted by Crippen LogP contribution is -2.34. The van der Waals surface area contributed by atoms with Crippen LogP contribution in [0.25, 0.3) is 0 Å². The maximum absolute atomic E-state index is 5.99. The molecule has 2 atom stereocenters. The van der Waals surface area contributed by atoms with Crippen molar-refractivity contribution < 1.29 is 0 Å². The third kappa shape index (κ3) is 6.02. The van der Waals surface area contributed by atoms with Crippen molar-refractivity contribution in [1.29, 1.82) is 0 Å². The van der Waals surface area contributed by atoms with Gasteiger partial charge in [0.15, 0.2) is 0 Å². The Bertz CT molecular complexity index is 115. The molecule has 3 heteroatoms. The van der Waals surface area contributed by atoms with E-state index in [0.29, 0.717) is 12.1 Å². The average molecular weight is 187 g/mol. The zero-order chi connectivity index (χ0) is 10.3. The summed E-state index contributed by atoms with van der Waals surface area (Å²) in [6, 6.07) is 0.934. The number of hydrogen-bond acceptors (Lipinski definition) is 3. The fourth-order valence-corrected chi connectivity index (χ4v) is 1.59. The predicted octanol–water partition coefficient (Wildman–Crippen LogP) is 0.783. The van der Waals surface area contributed by atoms with E-state index in [1.54, 1.807) is 0 Å². The summed E-state index contributed by atoms with van der Waals surface area (Å²) in [7, 11) is 4.23. The largest absolute Gasteiger partial charge is 0.330 e. The summed E-state index contributed by atoms with van der Waals surface area (Å²) in [6.07, 6.45) is 4.36. The highest BCUT2D eigenvalue weighted by Crippen LogP contribution is 2.09. The number of nitrogens with two attached hydrogens (primary N) is 2. The summed E-state index contributed by atoms with van der Waals surface area (Å²) in [4.78, 5) is 2.25. The van der Waals surface area contributed by atoms with Crippen molar-refractivity contribution in [2.45, 2.75) is 44.7 Å². The predicted molar refractivity (Wildman–Crippen MR) is 58.6 cm³/mol. The second-order valence-corrected chi connectivity index (χ2v) is 3.95. The van der Waals surface area contributed by atoms with E-state index in [1.165, 1.54) is 6.42 Å². The Morgan fingerprint density at radius 3 is 2.31 bits per heavy atom. The van der Waals surface area contributed by atoms with Crippen molar-refractivity contribution in [3.63, 3.8) is 0 Å². The molecule has 0 bridgehead atoms. The van der Waals surface area contributed by atoms with E-state index in [-0.39, 0.29) is 0 Å². The van der Waals surface area contributed by atoms with E-state index in [0.717, 1.165) is 25.8 Å². The van der Waals surface area contributed by atoms with Crippen LogP contribution in [0.5, 0.6) is 0 Å². The zero-order valence-corrected chi connectivity index (χ0v) is 9.29. The van der Waals surface area contributed by atoms with Gasteiger partial charge in [0.1, 0.15) is 0 Å². The first-order valence-electron chi connectivity index (χ1n) is 5.23. The molecule has 0 heterocycles. The number of hydrogen-bond donors (Lipinski definition) is 2. The van der Waals surface area contributed by atoms with Crippen LogP contribution in [0.15, 0.2) is 0 Å². The molecule has 0 aromatic carbocycles. The molecule has 2 unspecified atom stereocenters. The van der Waals surface area contributed by atoms with Gasteiger partial charge in [-0.2, -0.15) is 0 Å². The van der Waals surface area contributed by atoms with E-state index >= 15 is 0 Å². The van der Waals surface area contributed by atoms with Gasteiger partial charge in [-0.3, -0.25) is 0 Å². The van der Waals surface area contributed by atoms with Gasteiger partial charge < -0.3 is 16.4 Å². The normalized spacial score (nSPS) is 16.2. The van der Waals surface area contributed by atoms with Crippen molar-refractivity contribution in [1.82, 2.24) is 4.90 Å². The molecule has 3 nitrogen and oxygen atoms in total. The molecule has 13 heavy (non-hydrogen) atoms. The highest BCUT2D eigenvalue weighted by Gasteiger charge is 2.12. The van der Waals surface area contributed by atoms with Crippen molar-refractivity contribution in [2.75, 3.05) is 20.6 Å². The Kier molecular flexibility index (Phi) is 7.23. The third-order valence-electron chi connectivity index (χ3n) is 2.56. The van der Waals surface area contributed by atoms with E-state index < -0.39 is 0 Å². The molecule has 0 saturated heterocycles. The Hall–Kier alpha value is -0.120. The van der Waals surface area contributed by atoms with Gasteiger partial charge >= 0.3 is 0 Å². The Morgan fingerprint density at radius 1 is 1.31 bits per heavy atom. The summed E-state index contributed by atoms with van der Waals surface area (Å²) < 4.78 is 0. The monoisotopic (exact) mass is 187 g/mol. The van der Waals surface area contributed by atoms with Gasteiger partial charge in [0.2, 0.25) is 0 Å². The van der Waals surface area contributed by atoms with Gasteiger partial charge in [-0.1, -0.05) is 6.92 Å². The van der Waals surface area contributed by atoms with Crippen LogP contribution < -0.4 is 11.5 Å². The molecule has 4 N–H and O–H groups in total. The van der Waals surface area contributed by atoms with Gasteiger partial charge in [0.25, 0.3) is 0 Å². The molecule has 0 aliphatic rings. The molecule has 0 rings (SSSR count). The van der Waals surface area contributed by atoms with Crippen LogP contribution in [0.4, 0.5) is 0 Å². The van der Waals surface area contributed by atoms with Crippen molar-refractivity contribution in [3.8, 4) is 0 Å². The van der Waals surface area contributed by atoms with Crippen LogP contribution in [-0.2, 0) is 0 Å². The lowest BCUT2D eigenvalue weighted by Gasteiger charge is -2.25. The highest BCUT2D eigenvalue weighted by atomic mass is 15.1. The Morgan fingerprint density at radius 2 is 1.92 bits per heavy atom. The highest BCUT2D eigenvalue weighted by molar-refractivity contribution is 4.72. The number of rotatable bonds is 7. The summed E-state index contributed by atoms with van der Waals surface area (Å²) in [5, 5.41) is 0. The van der Waals surface area contributed by atoms with Crippen LogP contribution in [-0.4, -0.2) is 37.6 Å². The van der Waals surface area contributed by atoms with Crippen molar-refractivity contribution in [2.24, 2.45) is 11.5 Å². The third-order valence-corrected chi connectivity index (χ3v) is 2.56. The van der Waals surface area contributed by atoms with Crippen LogP contribution in [0.1, 0.15) is 32.6 Å². The topological polar surface area (TPSA) is 55.3 Å². The first kappa shape index (κ1) is 12.9. The van der Waals surface area contributed by atoms with Gasteiger partial charge in [-0.25, -0.2) is 0 Å². The van der Waals surface area contributed by atoms with Crippen molar-refractivity contribution >= 4 is 0 Å². The Labute approximate surface area is 82.5 Å². The van der Waals surface area contributed by atoms with Crippen LogP contribution in [0, 0.1) is 0 Å². The molecule has 0 radical (unpaired) electrons. The molecule has 0 saturated carbocycles. The lowest BCUT2D eigenvalue weighted by molar-refractivity contribution is 0.253. The van der Waals surface area contributed by atoms with E-state index in [1.807, 2.05) is 0 Å². The van der Waals surface area contributed by atoms with Crippen LogP contribution in [0.2, 0.25) is 0 Å². The summed E-state index contributed by atoms with van der Waals surface area (Å²) in [5.74, 6) is 0. The Balaban J connectivity index is 3.66. The molecule has 0 fully saturated rings. The molecule has 0 amide bonds. The molecule has 0 aromatic rings. The molecule has 0 aliphatic heterocycles. The second-order valence-electron chi connectivity index (χ2n) is 3.95. The lowest BCUT2D eigenvalue weighted by atomic mass is 10.0. The zero-order valence-electron chi connectivity index (χ0n) is 9.29. The fraction of sp³-hybridized carbons (Fsp3) is 1.00. The van der Waals surface area contributed by atoms with Crippen LogP contribution in [0.3, 0.4) is 0 Å². The van der Waals surface area contributed by atoms with Gasteiger partial charge in [0, 0.05) is 12.1 Å². The quantitative estimate of drug-likeness (QED) is 0.619. The second kappa shape index (κ2) is 7.30. The first-order chi connectivity index (χ1) is 6.11. The standard InChI is InChI=1S/C10H25N3/c1-4-10(13(2)3)8-9(12)6-5-7-11/h9-10H,4-8,11-12H2,1-3H3. The maximum Gasteiger partial charge on any atom is 0.0101 e. The van der Waals surface area contributed by atoms with Gasteiger partial charge in [0.05, 0.1) is 0 Å². The molecule has 0 aliphatic carbocycles. The minimum atomic E-state index is 0.316. The summed E-state index contributed by atoms with van der Waals surface area (Å²) in [6.45, 7) is 2.97. The molecular formula is C10H25N3. The fourth-order valence-electron chi connectivity index (χ4n) is 1.59. The van der Waals surface area contributed by atoms with Gasteiger partial charge in [-0.05, 0) is 46.3 Å². The average Bonchev–Trinajstić information content (AvgIpc) is 2.10. The van der Waals surface area contributed by atoms with Crippen molar-refractivity contribution in [3.05, 3.63) is 0 Å². The minimum Gasteiger partial charge on any atom is -0.330 e. The van der Waals surface area contributed by atoms with Gasteiger partial charge in [-0.15, -0.1) is 0 Å².